The molecule has 6 nitrogen and oxygen atoms in total. The normalized spacial score (nSPS) is 12.0. The molecular weight excluding hydrogens is 376 g/mol. The maximum absolute atomic E-state index is 5.65. The highest BCUT2D eigenvalue weighted by Gasteiger charge is 2.36. The summed E-state index contributed by atoms with van der Waals surface area (Å²) in [5.74, 6) is 0. The van der Waals surface area contributed by atoms with E-state index < -0.39 is 8.80 Å². The van der Waals surface area contributed by atoms with Crippen LogP contribution in [-0.2, 0) is 27.5 Å². The quantitative estimate of drug-likeness (QED) is 0.174. The molecule has 0 bridgehead atoms. The fraction of sp³-hybridized carbons (Fsp3) is 1.00. The molecule has 0 radical (unpaired) electrons. The predicted molar refractivity (Wildman–Crippen MR) is 116 cm³/mol. The minimum absolute atomic E-state index is 0.684. The summed E-state index contributed by atoms with van der Waals surface area (Å²) >= 11 is 0. The third kappa shape index (κ3) is 16.9. The summed E-state index contributed by atoms with van der Waals surface area (Å²) in [6.07, 6.45) is 12.4. The Bertz CT molecular complexity index is 294. The maximum Gasteiger partial charge on any atom is 0.500 e. The fourth-order valence-electron chi connectivity index (χ4n) is 3.07. The molecular formula is C21H46O6Si. The molecule has 0 fully saturated rings. The Hall–Kier alpha value is -0.0231. The molecule has 0 aliphatic heterocycles. The molecule has 0 spiro atoms. The highest BCUT2D eigenvalue weighted by Crippen LogP contribution is 2.18. The lowest BCUT2D eigenvalue weighted by atomic mass is 10.1. The Balaban J connectivity index is 3.18. The summed E-state index contributed by atoms with van der Waals surface area (Å²) in [4.78, 5) is 0. The van der Waals surface area contributed by atoms with Crippen molar-refractivity contribution in [2.45, 2.75) is 77.2 Å². The van der Waals surface area contributed by atoms with Crippen LogP contribution in [0.1, 0.15) is 71.1 Å². The van der Waals surface area contributed by atoms with Crippen LogP contribution >= 0.6 is 0 Å². The van der Waals surface area contributed by atoms with Crippen molar-refractivity contribution in [3.63, 3.8) is 0 Å². The SMILES string of the molecule is CCOCCOCCCOCCCCCCCCCCC[Si](OC)(OC)OC. The lowest BCUT2D eigenvalue weighted by Crippen LogP contribution is -2.42. The Morgan fingerprint density at radius 2 is 0.893 bits per heavy atom. The highest BCUT2D eigenvalue weighted by atomic mass is 28.4. The van der Waals surface area contributed by atoms with Crippen molar-refractivity contribution in [2.24, 2.45) is 0 Å². The summed E-state index contributed by atoms with van der Waals surface area (Å²) < 4.78 is 32.7. The van der Waals surface area contributed by atoms with Crippen LogP contribution in [0.25, 0.3) is 0 Å². The first-order valence-electron chi connectivity index (χ1n) is 11.1. The average molecular weight is 423 g/mol. The van der Waals surface area contributed by atoms with Crippen LogP contribution in [-0.4, -0.2) is 69.8 Å². The molecule has 28 heavy (non-hydrogen) atoms. The molecule has 0 amide bonds. The van der Waals surface area contributed by atoms with Crippen molar-refractivity contribution in [3.05, 3.63) is 0 Å². The van der Waals surface area contributed by atoms with Crippen molar-refractivity contribution in [3.8, 4) is 0 Å². The van der Waals surface area contributed by atoms with Gasteiger partial charge in [0.1, 0.15) is 0 Å². The molecule has 0 N–H and O–H groups in total. The van der Waals surface area contributed by atoms with Crippen LogP contribution in [0, 0.1) is 0 Å². The highest BCUT2D eigenvalue weighted by molar-refractivity contribution is 6.60. The van der Waals surface area contributed by atoms with E-state index in [1.165, 1.54) is 51.4 Å². The van der Waals surface area contributed by atoms with E-state index in [4.69, 9.17) is 27.5 Å². The average Bonchev–Trinajstić information content (AvgIpc) is 2.73. The molecule has 0 rings (SSSR count). The first-order valence-corrected chi connectivity index (χ1v) is 13.1. The minimum atomic E-state index is -2.35. The van der Waals surface area contributed by atoms with E-state index >= 15 is 0 Å². The lowest BCUT2D eigenvalue weighted by Gasteiger charge is -2.24. The van der Waals surface area contributed by atoms with E-state index in [2.05, 4.69) is 0 Å². The molecule has 0 aliphatic rings. The van der Waals surface area contributed by atoms with Crippen molar-refractivity contribution < 1.29 is 27.5 Å². The summed E-state index contributed by atoms with van der Waals surface area (Å²) in [6.45, 7) is 6.57. The molecule has 0 saturated carbocycles. The van der Waals surface area contributed by atoms with E-state index in [-0.39, 0.29) is 0 Å². The van der Waals surface area contributed by atoms with Gasteiger partial charge >= 0.3 is 8.80 Å². The molecule has 0 aromatic carbocycles. The lowest BCUT2D eigenvalue weighted by molar-refractivity contribution is 0.0389. The van der Waals surface area contributed by atoms with Gasteiger partial charge in [0, 0.05) is 53.8 Å². The zero-order valence-electron chi connectivity index (χ0n) is 19.0. The van der Waals surface area contributed by atoms with Gasteiger partial charge in [-0.1, -0.05) is 44.9 Å². The van der Waals surface area contributed by atoms with E-state index in [1.54, 1.807) is 21.3 Å². The van der Waals surface area contributed by atoms with Gasteiger partial charge in [0.25, 0.3) is 0 Å². The zero-order chi connectivity index (χ0) is 20.8. The van der Waals surface area contributed by atoms with E-state index in [0.29, 0.717) is 13.2 Å². The van der Waals surface area contributed by atoms with E-state index in [1.807, 2.05) is 6.92 Å². The van der Waals surface area contributed by atoms with Gasteiger partial charge in [0.05, 0.1) is 13.2 Å². The van der Waals surface area contributed by atoms with Gasteiger partial charge in [-0.15, -0.1) is 0 Å². The molecule has 0 atom stereocenters. The van der Waals surface area contributed by atoms with Crippen molar-refractivity contribution in [1.29, 1.82) is 0 Å². The Morgan fingerprint density at radius 3 is 1.43 bits per heavy atom. The van der Waals surface area contributed by atoms with Crippen LogP contribution in [0.2, 0.25) is 6.04 Å². The van der Waals surface area contributed by atoms with Gasteiger partial charge in [-0.25, -0.2) is 0 Å². The van der Waals surface area contributed by atoms with Crippen LogP contribution in [0.4, 0.5) is 0 Å². The third-order valence-corrected chi connectivity index (χ3v) is 7.69. The molecule has 170 valence electrons. The van der Waals surface area contributed by atoms with E-state index in [0.717, 1.165) is 45.3 Å². The molecule has 0 aromatic heterocycles. The van der Waals surface area contributed by atoms with Gasteiger partial charge in [0.15, 0.2) is 0 Å². The minimum Gasteiger partial charge on any atom is -0.381 e. The Kier molecular flexibility index (Phi) is 21.7. The number of hydrogen-bond acceptors (Lipinski definition) is 6. The first-order chi connectivity index (χ1) is 13.7. The van der Waals surface area contributed by atoms with E-state index in [9.17, 15) is 0 Å². The molecule has 7 heteroatoms. The zero-order valence-corrected chi connectivity index (χ0v) is 20.0. The van der Waals surface area contributed by atoms with Crippen molar-refractivity contribution in [2.75, 3.05) is 61.0 Å². The second kappa shape index (κ2) is 21.7. The molecule has 0 aliphatic carbocycles. The van der Waals surface area contributed by atoms with Crippen molar-refractivity contribution >= 4 is 8.80 Å². The predicted octanol–water partition coefficient (Wildman–Crippen LogP) is 4.84. The molecule has 0 saturated heterocycles. The fourth-order valence-corrected chi connectivity index (χ4v) is 4.86. The van der Waals surface area contributed by atoms with Crippen LogP contribution < -0.4 is 0 Å². The Labute approximate surface area is 174 Å². The van der Waals surface area contributed by atoms with Crippen LogP contribution in [0.15, 0.2) is 0 Å². The van der Waals surface area contributed by atoms with Gasteiger partial charge in [-0.05, 0) is 26.2 Å². The number of ether oxygens (including phenoxy) is 3. The monoisotopic (exact) mass is 422 g/mol. The molecule has 0 unspecified atom stereocenters. The molecule has 0 aromatic rings. The first kappa shape index (κ1) is 28.0. The Morgan fingerprint density at radius 1 is 0.464 bits per heavy atom. The summed E-state index contributed by atoms with van der Waals surface area (Å²) in [5, 5.41) is 0. The number of rotatable bonds is 23. The summed E-state index contributed by atoms with van der Waals surface area (Å²) in [7, 11) is 2.70. The van der Waals surface area contributed by atoms with Crippen LogP contribution in [0.3, 0.4) is 0 Å². The van der Waals surface area contributed by atoms with Gasteiger partial charge in [0.2, 0.25) is 0 Å². The third-order valence-electron chi connectivity index (χ3n) is 4.86. The van der Waals surface area contributed by atoms with Crippen molar-refractivity contribution in [1.82, 2.24) is 0 Å². The summed E-state index contributed by atoms with van der Waals surface area (Å²) in [6, 6.07) is 0.913. The number of hydrogen-bond donors (Lipinski definition) is 0. The van der Waals surface area contributed by atoms with Gasteiger partial charge < -0.3 is 27.5 Å². The second-order valence-electron chi connectivity index (χ2n) is 7.00. The standard InChI is InChI=1S/C21H46O6Si/c1-5-25-19-20-27-18-15-17-26-16-13-11-9-7-6-8-10-12-14-21-28(22-2,23-3)24-4/h5-21H2,1-4H3. The van der Waals surface area contributed by atoms with Gasteiger partial charge in [-0.2, -0.15) is 0 Å². The maximum atomic E-state index is 5.65. The largest absolute Gasteiger partial charge is 0.500 e. The van der Waals surface area contributed by atoms with Crippen LogP contribution in [0.5, 0.6) is 0 Å². The topological polar surface area (TPSA) is 55.4 Å². The summed E-state index contributed by atoms with van der Waals surface area (Å²) in [5.41, 5.74) is 0. The van der Waals surface area contributed by atoms with Gasteiger partial charge in [-0.3, -0.25) is 0 Å². The number of unbranched alkanes of at least 4 members (excludes halogenated alkanes) is 8. The molecule has 0 heterocycles. The second-order valence-corrected chi connectivity index (χ2v) is 10.1. The smallest absolute Gasteiger partial charge is 0.381 e.